The van der Waals surface area contributed by atoms with Crippen LogP contribution in [0.2, 0.25) is 0 Å². The molecule has 0 saturated carbocycles. The summed E-state index contributed by atoms with van der Waals surface area (Å²) in [6.07, 6.45) is -6.39. The zero-order chi connectivity index (χ0) is 19.3. The summed E-state index contributed by atoms with van der Waals surface area (Å²) >= 11 is 5.57. The molecule has 0 bridgehead atoms. The fourth-order valence-electron chi connectivity index (χ4n) is 3.04. The lowest BCUT2D eigenvalue weighted by atomic mass is 9.97. The van der Waals surface area contributed by atoms with Crippen LogP contribution in [0.1, 0.15) is 12.8 Å². The highest BCUT2D eigenvalue weighted by Gasteiger charge is 2.48. The largest absolute Gasteiger partial charge is 0.394 e. The van der Waals surface area contributed by atoms with Crippen LogP contribution in [-0.2, 0) is 9.47 Å². The molecule has 2 fully saturated rings. The number of rotatable bonds is 7. The van der Waals surface area contributed by atoms with Gasteiger partial charge >= 0.3 is 6.03 Å². The van der Waals surface area contributed by atoms with Crippen molar-refractivity contribution in [1.82, 2.24) is 9.91 Å². The predicted molar refractivity (Wildman–Crippen MR) is 88.1 cm³/mol. The lowest BCUT2D eigenvalue weighted by Crippen LogP contribution is -2.65. The molecule has 26 heavy (non-hydrogen) atoms. The molecule has 2 aliphatic rings. The third-order valence-electron chi connectivity index (χ3n) is 4.46. The Kier molecular flexibility index (Phi) is 7.95. The van der Waals surface area contributed by atoms with Crippen molar-refractivity contribution in [2.75, 3.05) is 32.2 Å². The summed E-state index contributed by atoms with van der Waals surface area (Å²) in [5, 5.41) is 42.7. The summed E-state index contributed by atoms with van der Waals surface area (Å²) < 4.78 is 10.9. The number of halogens is 1. The lowest BCUT2D eigenvalue weighted by Gasteiger charge is -2.45. The molecule has 0 radical (unpaired) electrons. The quantitative estimate of drug-likeness (QED) is 0.233. The molecule has 2 heterocycles. The molecule has 0 aromatic heterocycles. The fourth-order valence-corrected chi connectivity index (χ4v) is 3.20. The molecule has 150 valence electrons. The molecule has 0 aromatic carbocycles. The number of carbonyl (C=O) groups is 1. The van der Waals surface area contributed by atoms with E-state index in [0.29, 0.717) is 18.0 Å². The van der Waals surface area contributed by atoms with Gasteiger partial charge < -0.3 is 29.9 Å². The lowest BCUT2D eigenvalue weighted by molar-refractivity contribution is -0.259. The molecule has 2 saturated heterocycles. The van der Waals surface area contributed by atoms with E-state index in [-0.39, 0.29) is 25.1 Å². The number of nitrogens with zero attached hydrogens (tertiary/aromatic N) is 3. The number of hydrogen-bond donors (Lipinski definition) is 4. The van der Waals surface area contributed by atoms with Gasteiger partial charge in [0.05, 0.1) is 31.1 Å². The van der Waals surface area contributed by atoms with Crippen LogP contribution in [-0.4, -0.2) is 105 Å². The van der Waals surface area contributed by atoms with Crippen molar-refractivity contribution in [2.45, 2.75) is 49.6 Å². The average Bonchev–Trinajstić information content (AvgIpc) is 3.15. The molecular weight excluding hydrogens is 374 g/mol. The number of urea groups is 1. The first-order valence-electron chi connectivity index (χ1n) is 8.34. The normalized spacial score (nSPS) is 34.5. The van der Waals surface area contributed by atoms with Gasteiger partial charge in [0, 0.05) is 12.5 Å². The van der Waals surface area contributed by atoms with Crippen molar-refractivity contribution in [1.29, 1.82) is 0 Å². The van der Waals surface area contributed by atoms with E-state index in [1.54, 1.807) is 0 Å². The first-order valence-corrected chi connectivity index (χ1v) is 8.87. The number of amides is 2. The maximum Gasteiger partial charge on any atom is 0.345 e. The van der Waals surface area contributed by atoms with Crippen molar-refractivity contribution in [3.8, 4) is 0 Å². The smallest absolute Gasteiger partial charge is 0.345 e. The van der Waals surface area contributed by atoms with E-state index < -0.39 is 43.3 Å². The molecule has 4 N–H and O–H groups in total. The second-order valence-electron chi connectivity index (χ2n) is 6.18. The van der Waals surface area contributed by atoms with Crippen LogP contribution in [0.15, 0.2) is 5.29 Å². The fraction of sp³-hybridized carbons (Fsp3) is 0.929. The summed E-state index contributed by atoms with van der Waals surface area (Å²) in [5.74, 6) is -0.0417. The van der Waals surface area contributed by atoms with Crippen molar-refractivity contribution in [2.24, 2.45) is 5.29 Å². The van der Waals surface area contributed by atoms with Crippen LogP contribution in [0.25, 0.3) is 0 Å². The highest BCUT2D eigenvalue weighted by atomic mass is 35.5. The number of alkyl halides is 1. The highest BCUT2D eigenvalue weighted by Crippen LogP contribution is 2.26. The van der Waals surface area contributed by atoms with E-state index in [4.69, 9.17) is 21.1 Å². The Bertz CT molecular complexity index is 479. The second-order valence-corrected chi connectivity index (χ2v) is 6.56. The van der Waals surface area contributed by atoms with Crippen molar-refractivity contribution >= 4 is 17.6 Å². The Morgan fingerprint density at radius 3 is 2.50 bits per heavy atom. The number of aliphatic hydroxyl groups excluding tert-OH is 4. The topological polar surface area (TPSA) is 152 Å². The van der Waals surface area contributed by atoms with Gasteiger partial charge in [-0.2, -0.15) is 5.01 Å². The van der Waals surface area contributed by atoms with Crippen LogP contribution in [0.3, 0.4) is 0 Å². The monoisotopic (exact) mass is 397 g/mol. The van der Waals surface area contributed by atoms with E-state index in [9.17, 15) is 30.1 Å². The SMILES string of the molecule is O=NN(CCCl)C(=O)N(CC1CCCO1)[C@@H]1O[C@H](CO)[C@@H](O)[C@H](O)[C@H]1O. The molecule has 12 heteroatoms. The van der Waals surface area contributed by atoms with Gasteiger partial charge in [-0.25, -0.2) is 4.79 Å². The average molecular weight is 398 g/mol. The van der Waals surface area contributed by atoms with E-state index in [2.05, 4.69) is 5.29 Å². The van der Waals surface area contributed by atoms with E-state index in [1.807, 2.05) is 0 Å². The summed E-state index contributed by atoms with van der Waals surface area (Å²) in [7, 11) is 0. The van der Waals surface area contributed by atoms with Crippen molar-refractivity contribution in [3.63, 3.8) is 0 Å². The summed E-state index contributed by atoms with van der Waals surface area (Å²) in [4.78, 5) is 24.7. The minimum atomic E-state index is -1.66. The molecule has 2 amide bonds. The highest BCUT2D eigenvalue weighted by molar-refractivity contribution is 6.18. The van der Waals surface area contributed by atoms with Gasteiger partial charge in [0.1, 0.15) is 24.4 Å². The molecule has 0 spiro atoms. The van der Waals surface area contributed by atoms with Gasteiger partial charge in [-0.15, -0.1) is 16.5 Å². The van der Waals surface area contributed by atoms with Gasteiger partial charge in [0.25, 0.3) is 0 Å². The Hall–Kier alpha value is -1.08. The molecular formula is C14H24ClN3O8. The predicted octanol–water partition coefficient (Wildman–Crippen LogP) is -1.39. The van der Waals surface area contributed by atoms with E-state index >= 15 is 0 Å². The van der Waals surface area contributed by atoms with Gasteiger partial charge in [-0.1, -0.05) is 0 Å². The molecule has 11 nitrogen and oxygen atoms in total. The summed E-state index contributed by atoms with van der Waals surface area (Å²) in [5.41, 5.74) is 0. The van der Waals surface area contributed by atoms with Gasteiger partial charge in [-0.3, -0.25) is 4.90 Å². The van der Waals surface area contributed by atoms with Crippen LogP contribution < -0.4 is 0 Å². The minimum absolute atomic E-state index is 0.0319. The Morgan fingerprint density at radius 2 is 1.96 bits per heavy atom. The van der Waals surface area contributed by atoms with Gasteiger partial charge in [0.2, 0.25) is 0 Å². The third-order valence-corrected chi connectivity index (χ3v) is 4.63. The van der Waals surface area contributed by atoms with Crippen molar-refractivity contribution in [3.05, 3.63) is 4.91 Å². The molecule has 2 rings (SSSR count). The molecule has 2 aliphatic heterocycles. The van der Waals surface area contributed by atoms with Gasteiger partial charge in [0.15, 0.2) is 6.23 Å². The molecule has 6 atom stereocenters. The van der Waals surface area contributed by atoms with Crippen molar-refractivity contribution < 1.29 is 34.7 Å². The molecule has 0 aliphatic carbocycles. The molecule has 1 unspecified atom stereocenters. The van der Waals surface area contributed by atoms with Crippen LogP contribution in [0.5, 0.6) is 0 Å². The summed E-state index contributed by atoms with van der Waals surface area (Å²) in [6, 6.07) is -0.888. The zero-order valence-corrected chi connectivity index (χ0v) is 14.8. The number of nitroso groups, excluding NO2 is 1. The maximum absolute atomic E-state index is 12.7. The Labute approximate surface area is 155 Å². The zero-order valence-electron chi connectivity index (χ0n) is 14.1. The Balaban J connectivity index is 2.25. The standard InChI is InChI=1S/C14H24ClN3O8/c15-3-4-18(16-24)14(23)17(6-8-2-1-5-25-8)13-12(22)11(21)10(20)9(7-19)26-13/h8-13,19-22H,1-7H2/t8?,9-,10-,11+,12-,13-/m1/s1. The summed E-state index contributed by atoms with van der Waals surface area (Å²) in [6.45, 7) is -0.321. The first kappa shape index (κ1) is 21.2. The van der Waals surface area contributed by atoms with Crippen LogP contribution in [0, 0.1) is 4.91 Å². The number of aliphatic hydroxyl groups is 4. The van der Waals surface area contributed by atoms with E-state index in [0.717, 1.165) is 11.3 Å². The Morgan fingerprint density at radius 1 is 1.23 bits per heavy atom. The van der Waals surface area contributed by atoms with E-state index in [1.165, 1.54) is 0 Å². The number of hydrogen-bond acceptors (Lipinski definition) is 9. The van der Waals surface area contributed by atoms with Crippen LogP contribution >= 0.6 is 11.6 Å². The minimum Gasteiger partial charge on any atom is -0.394 e. The first-order chi connectivity index (χ1) is 12.4. The molecule has 0 aromatic rings. The maximum atomic E-state index is 12.7. The second kappa shape index (κ2) is 9.74. The van der Waals surface area contributed by atoms with Crippen LogP contribution in [0.4, 0.5) is 4.79 Å². The van der Waals surface area contributed by atoms with Gasteiger partial charge in [-0.05, 0) is 12.8 Å². The number of ether oxygens (including phenoxy) is 2. The number of carbonyl (C=O) groups excluding carboxylic acids is 1. The third kappa shape index (κ3) is 4.60.